The minimum Gasteiger partial charge on any atom is -0.506 e. The van der Waals surface area contributed by atoms with E-state index in [0.29, 0.717) is 17.4 Å². The molecular weight excluding hydrogens is 254 g/mol. The number of aromatic nitrogens is 2. The minimum absolute atomic E-state index is 0.145. The summed E-state index contributed by atoms with van der Waals surface area (Å²) in [6, 6.07) is 5.04. The number of aromatic amines is 1. The van der Waals surface area contributed by atoms with E-state index in [-0.39, 0.29) is 11.3 Å². The molecule has 110 valence electrons. The molecule has 1 aromatic heterocycles. The van der Waals surface area contributed by atoms with Gasteiger partial charge >= 0.3 is 0 Å². The van der Waals surface area contributed by atoms with Gasteiger partial charge in [0.15, 0.2) is 0 Å². The number of aromatic hydroxyl groups is 1. The first-order chi connectivity index (χ1) is 9.67. The summed E-state index contributed by atoms with van der Waals surface area (Å²) in [6.45, 7) is 8.00. The van der Waals surface area contributed by atoms with Crippen LogP contribution in [-0.4, -0.2) is 39.4 Å². The molecule has 0 aliphatic heterocycles. The largest absolute Gasteiger partial charge is 0.506 e. The lowest BCUT2D eigenvalue weighted by Crippen LogP contribution is -2.29. The summed E-state index contributed by atoms with van der Waals surface area (Å²) in [5.74, 6) is 0.151. The highest BCUT2D eigenvalue weighted by Gasteiger charge is 2.11. The predicted octanol–water partition coefficient (Wildman–Crippen LogP) is 2.16. The standard InChI is InChI=1S/C15H23N3O2/c1-3-8-17(9-4-2)10-11-18-14-12(15(20)16-18)6-5-7-13(14)19/h5-7,19H,3-4,8-11H2,1-2H3,(H,16,20). The Labute approximate surface area is 118 Å². The molecule has 0 fully saturated rings. The number of hydrogen-bond donors (Lipinski definition) is 2. The zero-order chi connectivity index (χ0) is 14.5. The average molecular weight is 277 g/mol. The molecule has 0 amide bonds. The van der Waals surface area contributed by atoms with Gasteiger partial charge < -0.3 is 10.0 Å². The Bertz CT molecular complexity index is 609. The second kappa shape index (κ2) is 6.61. The van der Waals surface area contributed by atoms with Gasteiger partial charge in [-0.05, 0) is 38.1 Å². The van der Waals surface area contributed by atoms with E-state index in [1.165, 1.54) is 0 Å². The number of fused-ring (bicyclic) bond motifs is 1. The molecule has 0 saturated carbocycles. The summed E-state index contributed by atoms with van der Waals surface area (Å²) >= 11 is 0. The van der Waals surface area contributed by atoms with Gasteiger partial charge in [-0.2, -0.15) is 0 Å². The van der Waals surface area contributed by atoms with Crippen molar-refractivity contribution in [3.8, 4) is 5.75 Å². The van der Waals surface area contributed by atoms with Gasteiger partial charge in [0.05, 0.1) is 11.9 Å². The summed E-state index contributed by atoms with van der Waals surface area (Å²) in [6.07, 6.45) is 2.24. The topological polar surface area (TPSA) is 61.3 Å². The van der Waals surface area contributed by atoms with E-state index >= 15 is 0 Å². The molecule has 0 unspecified atom stereocenters. The third kappa shape index (κ3) is 3.04. The second-order valence-electron chi connectivity index (χ2n) is 5.11. The molecule has 1 heterocycles. The van der Waals surface area contributed by atoms with E-state index in [0.717, 1.165) is 32.5 Å². The number of nitrogens with zero attached hydrogens (tertiary/aromatic N) is 2. The molecule has 2 aromatic rings. The maximum absolute atomic E-state index is 11.8. The molecule has 2 N–H and O–H groups in total. The average Bonchev–Trinajstić information content (AvgIpc) is 2.75. The Morgan fingerprint density at radius 1 is 1.20 bits per heavy atom. The molecule has 5 heteroatoms. The zero-order valence-electron chi connectivity index (χ0n) is 12.2. The summed E-state index contributed by atoms with van der Waals surface area (Å²) in [4.78, 5) is 14.2. The van der Waals surface area contributed by atoms with Crippen LogP contribution >= 0.6 is 0 Å². The first-order valence-corrected chi connectivity index (χ1v) is 7.30. The van der Waals surface area contributed by atoms with Crippen molar-refractivity contribution >= 4 is 10.9 Å². The van der Waals surface area contributed by atoms with Crippen molar-refractivity contribution < 1.29 is 5.11 Å². The van der Waals surface area contributed by atoms with E-state index in [2.05, 4.69) is 23.8 Å². The van der Waals surface area contributed by atoms with Crippen molar-refractivity contribution in [3.05, 3.63) is 28.6 Å². The summed E-state index contributed by atoms with van der Waals surface area (Å²) < 4.78 is 1.76. The van der Waals surface area contributed by atoms with Crippen LogP contribution < -0.4 is 5.56 Å². The second-order valence-corrected chi connectivity index (χ2v) is 5.11. The molecule has 20 heavy (non-hydrogen) atoms. The first kappa shape index (κ1) is 14.7. The Morgan fingerprint density at radius 2 is 1.90 bits per heavy atom. The van der Waals surface area contributed by atoms with Crippen LogP contribution in [0, 0.1) is 0 Å². The molecule has 2 rings (SSSR count). The van der Waals surface area contributed by atoms with Gasteiger partial charge in [-0.3, -0.25) is 14.6 Å². The normalized spacial score (nSPS) is 11.6. The van der Waals surface area contributed by atoms with Gasteiger partial charge in [-0.1, -0.05) is 19.9 Å². The molecule has 0 aliphatic rings. The number of para-hydroxylation sites is 1. The summed E-state index contributed by atoms with van der Waals surface area (Å²) in [5.41, 5.74) is 0.457. The van der Waals surface area contributed by atoms with Crippen molar-refractivity contribution in [2.24, 2.45) is 0 Å². The van der Waals surface area contributed by atoms with Crippen LogP contribution in [0.3, 0.4) is 0 Å². The monoisotopic (exact) mass is 277 g/mol. The number of phenolic OH excluding ortho intramolecular Hbond substituents is 1. The molecule has 1 aromatic carbocycles. The fourth-order valence-corrected chi connectivity index (χ4v) is 2.61. The van der Waals surface area contributed by atoms with Gasteiger partial charge in [0, 0.05) is 6.54 Å². The van der Waals surface area contributed by atoms with Crippen LogP contribution in [0.1, 0.15) is 26.7 Å². The van der Waals surface area contributed by atoms with E-state index < -0.39 is 0 Å². The van der Waals surface area contributed by atoms with Gasteiger partial charge in [0.25, 0.3) is 5.56 Å². The Kier molecular flexibility index (Phi) is 4.84. The summed E-state index contributed by atoms with van der Waals surface area (Å²) in [7, 11) is 0. The van der Waals surface area contributed by atoms with Crippen molar-refractivity contribution in [2.75, 3.05) is 19.6 Å². The Hall–Kier alpha value is -1.75. The fourth-order valence-electron chi connectivity index (χ4n) is 2.61. The predicted molar refractivity (Wildman–Crippen MR) is 81.2 cm³/mol. The van der Waals surface area contributed by atoms with Crippen LogP contribution in [0.4, 0.5) is 0 Å². The number of hydrogen-bond acceptors (Lipinski definition) is 3. The zero-order valence-corrected chi connectivity index (χ0v) is 12.2. The molecule has 0 saturated heterocycles. The van der Waals surface area contributed by atoms with Crippen molar-refractivity contribution in [1.29, 1.82) is 0 Å². The summed E-state index contributed by atoms with van der Waals surface area (Å²) in [5, 5.41) is 13.3. The van der Waals surface area contributed by atoms with Crippen LogP contribution in [0.15, 0.2) is 23.0 Å². The SMILES string of the molecule is CCCN(CCC)CCn1[nH]c(=O)c2cccc(O)c21. The van der Waals surface area contributed by atoms with Gasteiger partial charge in [0.1, 0.15) is 11.3 Å². The lowest BCUT2D eigenvalue weighted by Gasteiger charge is -2.21. The van der Waals surface area contributed by atoms with Crippen molar-refractivity contribution in [1.82, 2.24) is 14.7 Å². The van der Waals surface area contributed by atoms with E-state index in [9.17, 15) is 9.90 Å². The molecular formula is C15H23N3O2. The van der Waals surface area contributed by atoms with E-state index in [1.54, 1.807) is 22.9 Å². The number of benzene rings is 1. The molecule has 0 aliphatic carbocycles. The van der Waals surface area contributed by atoms with Crippen LogP contribution in [-0.2, 0) is 6.54 Å². The minimum atomic E-state index is -0.145. The van der Waals surface area contributed by atoms with Gasteiger partial charge in [-0.25, -0.2) is 0 Å². The number of nitrogens with one attached hydrogen (secondary N) is 1. The number of H-pyrrole nitrogens is 1. The van der Waals surface area contributed by atoms with E-state index in [1.807, 2.05) is 0 Å². The Morgan fingerprint density at radius 3 is 2.55 bits per heavy atom. The maximum Gasteiger partial charge on any atom is 0.272 e. The lowest BCUT2D eigenvalue weighted by molar-refractivity contribution is 0.260. The Balaban J connectivity index is 2.19. The van der Waals surface area contributed by atoms with Crippen LogP contribution in [0.5, 0.6) is 5.75 Å². The first-order valence-electron chi connectivity index (χ1n) is 7.30. The van der Waals surface area contributed by atoms with Crippen LogP contribution in [0.2, 0.25) is 0 Å². The highest BCUT2D eigenvalue weighted by molar-refractivity contribution is 5.84. The maximum atomic E-state index is 11.8. The third-order valence-corrected chi connectivity index (χ3v) is 3.49. The molecule has 0 spiro atoms. The third-order valence-electron chi connectivity index (χ3n) is 3.49. The highest BCUT2D eigenvalue weighted by Crippen LogP contribution is 2.21. The van der Waals surface area contributed by atoms with Gasteiger partial charge in [0.2, 0.25) is 0 Å². The number of phenols is 1. The van der Waals surface area contributed by atoms with Crippen molar-refractivity contribution in [2.45, 2.75) is 33.2 Å². The molecule has 0 atom stereocenters. The highest BCUT2D eigenvalue weighted by atomic mass is 16.3. The van der Waals surface area contributed by atoms with Crippen molar-refractivity contribution in [3.63, 3.8) is 0 Å². The molecule has 0 bridgehead atoms. The van der Waals surface area contributed by atoms with Gasteiger partial charge in [-0.15, -0.1) is 0 Å². The quantitative estimate of drug-likeness (QED) is 0.815. The molecule has 0 radical (unpaired) electrons. The van der Waals surface area contributed by atoms with E-state index in [4.69, 9.17) is 0 Å². The van der Waals surface area contributed by atoms with Crippen LogP contribution in [0.25, 0.3) is 10.9 Å². The number of rotatable bonds is 7. The fraction of sp³-hybridized carbons (Fsp3) is 0.533. The molecule has 5 nitrogen and oxygen atoms in total. The lowest BCUT2D eigenvalue weighted by atomic mass is 10.2. The smallest absolute Gasteiger partial charge is 0.272 e.